The SMILES string of the molecule is C[C@@H](Sc1nnc(-c2cccs2)n1C1CC1)C(=O)Nc1ccc(F)cc1F. The molecule has 0 spiro atoms. The van der Waals surface area contributed by atoms with Crippen molar-refractivity contribution in [2.45, 2.75) is 36.2 Å². The van der Waals surface area contributed by atoms with Gasteiger partial charge >= 0.3 is 0 Å². The Labute approximate surface area is 162 Å². The van der Waals surface area contributed by atoms with E-state index in [0.717, 1.165) is 35.7 Å². The van der Waals surface area contributed by atoms with Crippen LogP contribution in [0, 0.1) is 11.6 Å². The summed E-state index contributed by atoms with van der Waals surface area (Å²) >= 11 is 2.87. The molecule has 3 aromatic rings. The van der Waals surface area contributed by atoms with Gasteiger partial charge in [-0.05, 0) is 43.3 Å². The molecule has 1 N–H and O–H groups in total. The number of benzene rings is 1. The van der Waals surface area contributed by atoms with Gasteiger partial charge in [0.2, 0.25) is 5.91 Å². The van der Waals surface area contributed by atoms with Gasteiger partial charge in [-0.25, -0.2) is 8.78 Å². The minimum Gasteiger partial charge on any atom is -0.323 e. The Balaban J connectivity index is 1.51. The lowest BCUT2D eigenvalue weighted by molar-refractivity contribution is -0.115. The summed E-state index contributed by atoms with van der Waals surface area (Å²) in [5.41, 5.74) is -0.0446. The number of nitrogens with zero attached hydrogens (tertiary/aromatic N) is 3. The van der Waals surface area contributed by atoms with Crippen LogP contribution in [-0.2, 0) is 4.79 Å². The maximum Gasteiger partial charge on any atom is 0.237 e. The predicted octanol–water partition coefficient (Wildman–Crippen LogP) is 4.74. The Hall–Kier alpha value is -2.26. The quantitative estimate of drug-likeness (QED) is 0.601. The lowest BCUT2D eigenvalue weighted by Gasteiger charge is -2.13. The highest BCUT2D eigenvalue weighted by atomic mass is 32.2. The molecule has 0 bridgehead atoms. The molecule has 0 aliphatic heterocycles. The molecule has 140 valence electrons. The van der Waals surface area contributed by atoms with Crippen molar-refractivity contribution in [2.24, 2.45) is 0 Å². The van der Waals surface area contributed by atoms with Crippen molar-refractivity contribution in [1.82, 2.24) is 14.8 Å². The fraction of sp³-hybridized carbons (Fsp3) is 0.278. The minimum absolute atomic E-state index is 0.0446. The second-order valence-electron chi connectivity index (χ2n) is 6.26. The lowest BCUT2D eigenvalue weighted by atomic mass is 10.3. The topological polar surface area (TPSA) is 59.8 Å². The zero-order valence-corrected chi connectivity index (χ0v) is 16.0. The molecular formula is C18H16F2N4OS2. The number of rotatable bonds is 6. The summed E-state index contributed by atoms with van der Waals surface area (Å²) in [6.07, 6.45) is 2.12. The second kappa shape index (κ2) is 7.40. The van der Waals surface area contributed by atoms with Crippen LogP contribution in [0.25, 0.3) is 10.7 Å². The van der Waals surface area contributed by atoms with E-state index in [-0.39, 0.29) is 11.6 Å². The second-order valence-corrected chi connectivity index (χ2v) is 8.51. The molecule has 1 fully saturated rings. The molecule has 2 heterocycles. The van der Waals surface area contributed by atoms with Crippen LogP contribution in [-0.4, -0.2) is 25.9 Å². The fourth-order valence-electron chi connectivity index (χ4n) is 2.63. The third-order valence-corrected chi connectivity index (χ3v) is 6.08. The van der Waals surface area contributed by atoms with Gasteiger partial charge in [-0.3, -0.25) is 9.36 Å². The maximum absolute atomic E-state index is 13.8. The van der Waals surface area contributed by atoms with Gasteiger partial charge in [0, 0.05) is 12.1 Å². The number of hydrogen-bond acceptors (Lipinski definition) is 5. The molecule has 1 aliphatic rings. The summed E-state index contributed by atoms with van der Waals surface area (Å²) in [6, 6.07) is 7.37. The number of thioether (sulfide) groups is 1. The van der Waals surface area contributed by atoms with Crippen LogP contribution < -0.4 is 5.32 Å². The number of carbonyl (C=O) groups excluding carboxylic acids is 1. The molecule has 1 atom stereocenters. The van der Waals surface area contributed by atoms with Crippen LogP contribution in [0.2, 0.25) is 0 Å². The molecule has 1 saturated carbocycles. The van der Waals surface area contributed by atoms with Crippen LogP contribution in [0.4, 0.5) is 14.5 Å². The molecule has 4 rings (SSSR count). The van der Waals surface area contributed by atoms with Crippen LogP contribution in [0.5, 0.6) is 0 Å². The number of halogens is 2. The lowest BCUT2D eigenvalue weighted by Crippen LogP contribution is -2.23. The molecule has 5 nitrogen and oxygen atoms in total. The van der Waals surface area contributed by atoms with Crippen molar-refractivity contribution >= 4 is 34.7 Å². The van der Waals surface area contributed by atoms with Crippen LogP contribution in [0.1, 0.15) is 25.8 Å². The summed E-state index contributed by atoms with van der Waals surface area (Å²) < 4.78 is 28.8. The third kappa shape index (κ3) is 3.89. The zero-order valence-electron chi connectivity index (χ0n) is 14.4. The maximum atomic E-state index is 13.8. The Kier molecular flexibility index (Phi) is 4.96. The van der Waals surface area contributed by atoms with Gasteiger partial charge < -0.3 is 5.32 Å². The van der Waals surface area contributed by atoms with Gasteiger partial charge in [0.1, 0.15) is 11.6 Å². The van der Waals surface area contributed by atoms with E-state index in [2.05, 4.69) is 20.1 Å². The molecule has 1 amide bonds. The van der Waals surface area contributed by atoms with Crippen molar-refractivity contribution in [3.8, 4) is 10.7 Å². The van der Waals surface area contributed by atoms with E-state index in [0.29, 0.717) is 11.2 Å². The molecule has 9 heteroatoms. The summed E-state index contributed by atoms with van der Waals surface area (Å²) in [5, 5.41) is 13.2. The van der Waals surface area contributed by atoms with E-state index in [1.54, 1.807) is 18.3 Å². The normalized spacial score (nSPS) is 14.9. The van der Waals surface area contributed by atoms with Crippen molar-refractivity contribution in [3.63, 3.8) is 0 Å². The van der Waals surface area contributed by atoms with E-state index < -0.39 is 16.9 Å². The number of anilines is 1. The van der Waals surface area contributed by atoms with Gasteiger partial charge in [-0.15, -0.1) is 21.5 Å². The first-order chi connectivity index (χ1) is 13.0. The number of thiophene rings is 1. The number of amides is 1. The highest BCUT2D eigenvalue weighted by Crippen LogP contribution is 2.42. The summed E-state index contributed by atoms with van der Waals surface area (Å²) in [6.45, 7) is 1.72. The first kappa shape index (κ1) is 18.1. The molecule has 0 radical (unpaired) electrons. The minimum atomic E-state index is -0.804. The Bertz CT molecular complexity index is 970. The van der Waals surface area contributed by atoms with Gasteiger partial charge in [0.25, 0.3) is 0 Å². The molecule has 0 saturated heterocycles. The molecule has 1 aliphatic carbocycles. The Morgan fingerprint density at radius 3 is 2.81 bits per heavy atom. The molecule has 27 heavy (non-hydrogen) atoms. The van der Waals surface area contributed by atoms with Crippen LogP contribution >= 0.6 is 23.1 Å². The highest BCUT2D eigenvalue weighted by molar-refractivity contribution is 8.00. The van der Waals surface area contributed by atoms with E-state index in [1.807, 2.05) is 17.5 Å². The van der Waals surface area contributed by atoms with E-state index in [4.69, 9.17) is 0 Å². The summed E-state index contributed by atoms with van der Waals surface area (Å²) in [4.78, 5) is 13.5. The molecule has 0 unspecified atom stereocenters. The third-order valence-electron chi connectivity index (χ3n) is 4.16. The van der Waals surface area contributed by atoms with Crippen molar-refractivity contribution < 1.29 is 13.6 Å². The number of aromatic nitrogens is 3. The summed E-state index contributed by atoms with van der Waals surface area (Å²) in [7, 11) is 0. The Morgan fingerprint density at radius 2 is 2.15 bits per heavy atom. The molecule has 2 aromatic heterocycles. The number of carbonyl (C=O) groups is 1. The average Bonchev–Trinajstić information content (AvgIpc) is 3.16. The average molecular weight is 406 g/mol. The first-order valence-electron chi connectivity index (χ1n) is 8.44. The Morgan fingerprint density at radius 1 is 1.33 bits per heavy atom. The molecule has 1 aromatic carbocycles. The van der Waals surface area contributed by atoms with Crippen molar-refractivity contribution in [2.75, 3.05) is 5.32 Å². The summed E-state index contributed by atoms with van der Waals surface area (Å²) in [5.74, 6) is -1.06. The first-order valence-corrected chi connectivity index (χ1v) is 10.2. The number of hydrogen-bond donors (Lipinski definition) is 1. The van der Waals surface area contributed by atoms with Gasteiger partial charge in [0.05, 0.1) is 15.8 Å². The smallest absolute Gasteiger partial charge is 0.237 e. The highest BCUT2D eigenvalue weighted by Gasteiger charge is 2.31. The fourth-order valence-corrected chi connectivity index (χ4v) is 4.25. The zero-order chi connectivity index (χ0) is 19.0. The van der Waals surface area contributed by atoms with Gasteiger partial charge in [-0.1, -0.05) is 17.8 Å². The van der Waals surface area contributed by atoms with Crippen molar-refractivity contribution in [3.05, 3.63) is 47.3 Å². The predicted molar refractivity (Wildman–Crippen MR) is 102 cm³/mol. The standard InChI is InChI=1S/C18H16F2N4OS2/c1-10(17(25)21-14-7-4-11(19)9-13(14)20)27-18-23-22-16(15-3-2-8-26-15)24(18)12-5-6-12/h2-4,7-10,12H,5-6H2,1H3,(H,21,25)/t10-/m1/s1. The van der Waals surface area contributed by atoms with Crippen LogP contribution in [0.3, 0.4) is 0 Å². The van der Waals surface area contributed by atoms with Gasteiger partial charge in [0.15, 0.2) is 11.0 Å². The van der Waals surface area contributed by atoms with Crippen molar-refractivity contribution in [1.29, 1.82) is 0 Å². The number of nitrogens with one attached hydrogen (secondary N) is 1. The van der Waals surface area contributed by atoms with E-state index in [9.17, 15) is 13.6 Å². The van der Waals surface area contributed by atoms with E-state index in [1.165, 1.54) is 17.8 Å². The van der Waals surface area contributed by atoms with Gasteiger partial charge in [-0.2, -0.15) is 0 Å². The largest absolute Gasteiger partial charge is 0.323 e. The molecular weight excluding hydrogens is 390 g/mol. The van der Waals surface area contributed by atoms with Crippen LogP contribution in [0.15, 0.2) is 40.9 Å². The van der Waals surface area contributed by atoms with E-state index >= 15 is 0 Å². The monoisotopic (exact) mass is 406 g/mol.